The average molecular weight is 172 g/mol. The first kappa shape index (κ1) is 8.83. The minimum Gasteiger partial charge on any atom is -0.465 e. The first-order valence-corrected chi connectivity index (χ1v) is 3.79. The second kappa shape index (κ2) is 3.00. The van der Waals surface area contributed by atoms with Crippen LogP contribution < -0.4 is 5.32 Å². The normalized spacial score (nSPS) is 27.7. The van der Waals surface area contributed by atoms with Gasteiger partial charge in [-0.25, -0.2) is 4.79 Å². The maximum Gasteiger partial charge on any atom is 0.407 e. The van der Waals surface area contributed by atoms with Crippen LogP contribution in [-0.2, 0) is 4.79 Å². The third-order valence-electron chi connectivity index (χ3n) is 2.10. The van der Waals surface area contributed by atoms with Gasteiger partial charge < -0.3 is 15.3 Å². The lowest BCUT2D eigenvalue weighted by Gasteiger charge is -2.44. The molecule has 0 spiro atoms. The maximum atomic E-state index is 10.6. The molecule has 0 aromatic carbocycles. The molecular formula is C7H12N2O3. The molecule has 5 heteroatoms. The molecule has 68 valence electrons. The van der Waals surface area contributed by atoms with Crippen molar-refractivity contribution in [1.29, 1.82) is 0 Å². The summed E-state index contributed by atoms with van der Waals surface area (Å²) in [5.74, 6) is -0.114. The van der Waals surface area contributed by atoms with E-state index in [4.69, 9.17) is 5.11 Å². The van der Waals surface area contributed by atoms with E-state index in [1.165, 1.54) is 11.8 Å². The van der Waals surface area contributed by atoms with Crippen molar-refractivity contribution in [2.45, 2.75) is 25.9 Å². The first-order valence-electron chi connectivity index (χ1n) is 3.79. The molecule has 0 radical (unpaired) electrons. The van der Waals surface area contributed by atoms with E-state index < -0.39 is 6.09 Å². The van der Waals surface area contributed by atoms with E-state index in [9.17, 15) is 9.59 Å². The maximum absolute atomic E-state index is 10.6. The number of hydrogen-bond donors (Lipinski definition) is 2. The van der Waals surface area contributed by atoms with Crippen molar-refractivity contribution in [3.63, 3.8) is 0 Å². The molecule has 1 saturated heterocycles. The van der Waals surface area contributed by atoms with Crippen molar-refractivity contribution < 1.29 is 14.7 Å². The molecule has 2 unspecified atom stereocenters. The monoisotopic (exact) mass is 172 g/mol. The standard InChI is InChI=1S/C7H12N2O3/c1-4-6(8-5(2)10)3-9(4)7(11)12/h4,6H,3H2,1-2H3,(H,8,10)(H,11,12). The fraction of sp³-hybridized carbons (Fsp3) is 0.714. The summed E-state index contributed by atoms with van der Waals surface area (Å²) in [6.07, 6.45) is -0.927. The molecule has 0 aromatic heterocycles. The quantitative estimate of drug-likeness (QED) is 0.579. The molecule has 2 N–H and O–H groups in total. The van der Waals surface area contributed by atoms with E-state index in [-0.39, 0.29) is 18.0 Å². The SMILES string of the molecule is CC(=O)NC1CN(C(=O)O)C1C. The van der Waals surface area contributed by atoms with Crippen LogP contribution in [0.4, 0.5) is 4.79 Å². The third kappa shape index (κ3) is 1.49. The summed E-state index contributed by atoms with van der Waals surface area (Å²) in [7, 11) is 0. The number of nitrogens with one attached hydrogen (secondary N) is 1. The molecule has 1 heterocycles. The van der Waals surface area contributed by atoms with Gasteiger partial charge in [-0.05, 0) is 6.92 Å². The summed E-state index contributed by atoms with van der Waals surface area (Å²) >= 11 is 0. The summed E-state index contributed by atoms with van der Waals surface area (Å²) < 4.78 is 0. The molecule has 5 nitrogen and oxygen atoms in total. The van der Waals surface area contributed by atoms with E-state index in [1.807, 2.05) is 0 Å². The lowest BCUT2D eigenvalue weighted by atomic mass is 9.99. The van der Waals surface area contributed by atoms with Gasteiger partial charge in [0.1, 0.15) is 0 Å². The van der Waals surface area contributed by atoms with Crippen LogP contribution in [-0.4, -0.2) is 40.6 Å². The van der Waals surface area contributed by atoms with Gasteiger partial charge in [-0.15, -0.1) is 0 Å². The molecule has 1 fully saturated rings. The number of hydrogen-bond acceptors (Lipinski definition) is 2. The van der Waals surface area contributed by atoms with E-state index >= 15 is 0 Å². The molecule has 1 rings (SSSR count). The summed E-state index contributed by atoms with van der Waals surface area (Å²) in [6.45, 7) is 3.60. The van der Waals surface area contributed by atoms with Crippen molar-refractivity contribution in [3.05, 3.63) is 0 Å². The summed E-state index contributed by atoms with van der Waals surface area (Å²) in [6, 6.07) is -0.120. The number of carboxylic acid groups (broad SMARTS) is 1. The Bertz CT molecular complexity index is 217. The second-order valence-corrected chi connectivity index (χ2v) is 2.98. The van der Waals surface area contributed by atoms with Crippen LogP contribution in [0, 0.1) is 0 Å². The summed E-state index contributed by atoms with van der Waals surface area (Å²) in [5.41, 5.74) is 0. The number of nitrogens with zero attached hydrogens (tertiary/aromatic N) is 1. The van der Waals surface area contributed by atoms with Crippen LogP contribution in [0.5, 0.6) is 0 Å². The van der Waals surface area contributed by atoms with E-state index in [0.717, 1.165) is 0 Å². The molecule has 0 aliphatic carbocycles. The van der Waals surface area contributed by atoms with Crippen LogP contribution in [0.15, 0.2) is 0 Å². The van der Waals surface area contributed by atoms with Gasteiger partial charge in [-0.1, -0.05) is 0 Å². The second-order valence-electron chi connectivity index (χ2n) is 2.98. The highest BCUT2D eigenvalue weighted by Crippen LogP contribution is 2.17. The molecular weight excluding hydrogens is 160 g/mol. The summed E-state index contributed by atoms with van der Waals surface area (Å²) in [5, 5.41) is 11.2. The number of carbonyl (C=O) groups excluding carboxylic acids is 1. The predicted molar refractivity (Wildman–Crippen MR) is 41.8 cm³/mol. The van der Waals surface area contributed by atoms with Gasteiger partial charge in [0.25, 0.3) is 0 Å². The molecule has 2 amide bonds. The Balaban J connectivity index is 2.38. The van der Waals surface area contributed by atoms with Gasteiger partial charge in [0.2, 0.25) is 5.91 Å². The molecule has 1 aliphatic heterocycles. The Morgan fingerprint density at radius 2 is 2.17 bits per heavy atom. The Morgan fingerprint density at radius 1 is 1.58 bits per heavy atom. The molecule has 0 saturated carbocycles. The molecule has 2 atom stereocenters. The number of rotatable bonds is 1. The van der Waals surface area contributed by atoms with E-state index in [1.54, 1.807) is 6.92 Å². The fourth-order valence-corrected chi connectivity index (χ4v) is 1.29. The zero-order valence-corrected chi connectivity index (χ0v) is 7.07. The number of amides is 2. The van der Waals surface area contributed by atoms with Gasteiger partial charge in [0.05, 0.1) is 12.1 Å². The summed E-state index contributed by atoms with van der Waals surface area (Å²) in [4.78, 5) is 22.3. The minimum atomic E-state index is -0.927. The van der Waals surface area contributed by atoms with Gasteiger partial charge >= 0.3 is 6.09 Å². The number of likely N-dealkylation sites (tertiary alicyclic amines) is 1. The van der Waals surface area contributed by atoms with Crippen LogP contribution in [0.2, 0.25) is 0 Å². The molecule has 1 aliphatic rings. The molecule has 0 bridgehead atoms. The van der Waals surface area contributed by atoms with Crippen LogP contribution in [0.3, 0.4) is 0 Å². The van der Waals surface area contributed by atoms with Crippen molar-refractivity contribution in [2.75, 3.05) is 6.54 Å². The predicted octanol–water partition coefficient (Wildman–Crippen LogP) is -0.127. The first-order chi connectivity index (χ1) is 5.52. The van der Waals surface area contributed by atoms with Gasteiger partial charge in [0, 0.05) is 13.5 Å². The van der Waals surface area contributed by atoms with Gasteiger partial charge in [0.15, 0.2) is 0 Å². The van der Waals surface area contributed by atoms with Crippen molar-refractivity contribution in [2.24, 2.45) is 0 Å². The van der Waals surface area contributed by atoms with Gasteiger partial charge in [-0.2, -0.15) is 0 Å². The Kier molecular flexibility index (Phi) is 2.21. The highest BCUT2D eigenvalue weighted by atomic mass is 16.4. The Labute approximate surface area is 70.4 Å². The lowest BCUT2D eigenvalue weighted by molar-refractivity contribution is -0.121. The van der Waals surface area contributed by atoms with Crippen molar-refractivity contribution in [3.8, 4) is 0 Å². The van der Waals surface area contributed by atoms with E-state index in [0.29, 0.717) is 6.54 Å². The van der Waals surface area contributed by atoms with Gasteiger partial charge in [-0.3, -0.25) is 4.79 Å². The zero-order valence-electron chi connectivity index (χ0n) is 7.07. The van der Waals surface area contributed by atoms with Crippen molar-refractivity contribution >= 4 is 12.0 Å². The minimum absolute atomic E-state index is 0.0152. The largest absolute Gasteiger partial charge is 0.465 e. The Hall–Kier alpha value is -1.26. The average Bonchev–Trinajstić information content (AvgIpc) is 1.95. The highest BCUT2D eigenvalue weighted by molar-refractivity contribution is 5.74. The molecule has 0 aromatic rings. The smallest absolute Gasteiger partial charge is 0.407 e. The zero-order chi connectivity index (χ0) is 9.30. The fourth-order valence-electron chi connectivity index (χ4n) is 1.29. The van der Waals surface area contributed by atoms with Crippen molar-refractivity contribution in [1.82, 2.24) is 10.2 Å². The topological polar surface area (TPSA) is 69.6 Å². The van der Waals surface area contributed by atoms with Crippen LogP contribution in [0.25, 0.3) is 0 Å². The molecule has 12 heavy (non-hydrogen) atoms. The highest BCUT2D eigenvalue weighted by Gasteiger charge is 2.38. The third-order valence-corrected chi connectivity index (χ3v) is 2.10. The van der Waals surface area contributed by atoms with Crippen LogP contribution >= 0.6 is 0 Å². The van der Waals surface area contributed by atoms with E-state index in [2.05, 4.69) is 5.32 Å². The Morgan fingerprint density at radius 3 is 2.50 bits per heavy atom. The van der Waals surface area contributed by atoms with Crippen LogP contribution in [0.1, 0.15) is 13.8 Å². The number of carbonyl (C=O) groups is 2. The lowest BCUT2D eigenvalue weighted by Crippen LogP contribution is -2.66.